The summed E-state index contributed by atoms with van der Waals surface area (Å²) in [4.78, 5) is 0. The second-order valence-electron chi connectivity index (χ2n) is 3.92. The standard InChI is InChI=1S/C14H13BrINO/c1-18-13-6-5-10(15)8-12(13)14(17)9-3-2-4-11(16)7-9/h2-8,14H,17H2,1H3. The fourth-order valence-electron chi connectivity index (χ4n) is 1.83. The summed E-state index contributed by atoms with van der Waals surface area (Å²) in [5.41, 5.74) is 8.39. The maximum absolute atomic E-state index is 6.33. The van der Waals surface area contributed by atoms with E-state index in [1.54, 1.807) is 7.11 Å². The molecule has 2 aromatic rings. The first-order chi connectivity index (χ1) is 8.61. The van der Waals surface area contributed by atoms with E-state index in [1.165, 1.54) is 3.57 Å². The van der Waals surface area contributed by atoms with Crippen LogP contribution < -0.4 is 10.5 Å². The highest BCUT2D eigenvalue weighted by atomic mass is 127. The Bertz CT molecular complexity index is 559. The summed E-state index contributed by atoms with van der Waals surface area (Å²) in [7, 11) is 1.66. The van der Waals surface area contributed by atoms with Crippen LogP contribution in [0.5, 0.6) is 5.75 Å². The zero-order valence-electron chi connectivity index (χ0n) is 9.86. The van der Waals surface area contributed by atoms with Gasteiger partial charge in [-0.3, -0.25) is 0 Å². The van der Waals surface area contributed by atoms with Gasteiger partial charge in [-0.05, 0) is 58.5 Å². The molecule has 1 atom stereocenters. The molecule has 0 aliphatic rings. The Labute approximate surface area is 129 Å². The van der Waals surface area contributed by atoms with E-state index in [1.807, 2.05) is 30.3 Å². The third-order valence-corrected chi connectivity index (χ3v) is 3.90. The maximum atomic E-state index is 6.33. The average molecular weight is 418 g/mol. The molecule has 4 heteroatoms. The van der Waals surface area contributed by atoms with Crippen LogP contribution in [0.15, 0.2) is 46.9 Å². The van der Waals surface area contributed by atoms with Gasteiger partial charge in [-0.15, -0.1) is 0 Å². The Morgan fingerprint density at radius 1 is 1.22 bits per heavy atom. The molecule has 0 aliphatic heterocycles. The van der Waals surface area contributed by atoms with E-state index in [4.69, 9.17) is 10.5 Å². The number of benzene rings is 2. The third kappa shape index (κ3) is 3.05. The first-order valence-electron chi connectivity index (χ1n) is 5.46. The summed E-state index contributed by atoms with van der Waals surface area (Å²) < 4.78 is 7.55. The van der Waals surface area contributed by atoms with Crippen molar-refractivity contribution >= 4 is 38.5 Å². The lowest BCUT2D eigenvalue weighted by atomic mass is 9.99. The Balaban J connectivity index is 2.44. The molecule has 0 heterocycles. The monoisotopic (exact) mass is 417 g/mol. The smallest absolute Gasteiger partial charge is 0.124 e. The molecule has 94 valence electrons. The molecule has 0 amide bonds. The molecule has 0 fully saturated rings. The van der Waals surface area contributed by atoms with Crippen molar-refractivity contribution in [2.24, 2.45) is 5.73 Å². The van der Waals surface area contributed by atoms with E-state index >= 15 is 0 Å². The van der Waals surface area contributed by atoms with Crippen molar-refractivity contribution in [1.82, 2.24) is 0 Å². The maximum Gasteiger partial charge on any atom is 0.124 e. The van der Waals surface area contributed by atoms with Crippen LogP contribution in [-0.2, 0) is 0 Å². The van der Waals surface area contributed by atoms with Crippen molar-refractivity contribution in [1.29, 1.82) is 0 Å². The van der Waals surface area contributed by atoms with Crippen LogP contribution in [0.1, 0.15) is 17.2 Å². The largest absolute Gasteiger partial charge is 0.496 e. The SMILES string of the molecule is COc1ccc(Br)cc1C(N)c1cccc(I)c1. The van der Waals surface area contributed by atoms with E-state index in [0.717, 1.165) is 21.3 Å². The third-order valence-electron chi connectivity index (χ3n) is 2.73. The first kappa shape index (κ1) is 13.8. The van der Waals surface area contributed by atoms with Crippen LogP contribution in [0.2, 0.25) is 0 Å². The van der Waals surface area contributed by atoms with Crippen molar-refractivity contribution in [3.8, 4) is 5.75 Å². The Kier molecular flexibility index (Phi) is 4.64. The molecule has 0 aromatic heterocycles. The number of hydrogen-bond donors (Lipinski definition) is 1. The predicted molar refractivity (Wildman–Crippen MR) is 85.9 cm³/mol. The average Bonchev–Trinajstić information content (AvgIpc) is 2.38. The molecule has 1 unspecified atom stereocenters. The van der Waals surface area contributed by atoms with Crippen LogP contribution >= 0.6 is 38.5 Å². The molecule has 0 radical (unpaired) electrons. The molecule has 0 saturated carbocycles. The normalized spacial score (nSPS) is 12.2. The van der Waals surface area contributed by atoms with Crippen LogP contribution in [0.3, 0.4) is 0 Å². The van der Waals surface area contributed by atoms with Gasteiger partial charge in [-0.1, -0.05) is 28.1 Å². The van der Waals surface area contributed by atoms with Crippen LogP contribution in [0.4, 0.5) is 0 Å². The Morgan fingerprint density at radius 3 is 2.67 bits per heavy atom. The fraction of sp³-hybridized carbons (Fsp3) is 0.143. The highest BCUT2D eigenvalue weighted by molar-refractivity contribution is 14.1. The lowest BCUT2D eigenvalue weighted by molar-refractivity contribution is 0.407. The number of nitrogens with two attached hydrogens (primary N) is 1. The summed E-state index contributed by atoms with van der Waals surface area (Å²) >= 11 is 5.75. The van der Waals surface area contributed by atoms with E-state index < -0.39 is 0 Å². The van der Waals surface area contributed by atoms with Gasteiger partial charge in [0.05, 0.1) is 13.2 Å². The predicted octanol–water partition coefficient (Wildman–Crippen LogP) is 4.11. The molecule has 2 nitrogen and oxygen atoms in total. The van der Waals surface area contributed by atoms with Crippen LogP contribution in [-0.4, -0.2) is 7.11 Å². The summed E-state index contributed by atoms with van der Waals surface area (Å²) in [6.07, 6.45) is 0. The number of ether oxygens (including phenoxy) is 1. The summed E-state index contributed by atoms with van der Waals surface area (Å²) in [6.45, 7) is 0. The number of methoxy groups -OCH3 is 1. The molecule has 2 N–H and O–H groups in total. The van der Waals surface area contributed by atoms with Gasteiger partial charge in [-0.25, -0.2) is 0 Å². The van der Waals surface area contributed by atoms with Gasteiger partial charge in [-0.2, -0.15) is 0 Å². The second-order valence-corrected chi connectivity index (χ2v) is 6.08. The minimum Gasteiger partial charge on any atom is -0.496 e. The highest BCUT2D eigenvalue weighted by Gasteiger charge is 2.14. The van der Waals surface area contributed by atoms with Crippen molar-refractivity contribution in [2.75, 3.05) is 7.11 Å². The van der Waals surface area contributed by atoms with Crippen LogP contribution in [0, 0.1) is 3.57 Å². The van der Waals surface area contributed by atoms with Gasteiger partial charge in [0, 0.05) is 13.6 Å². The topological polar surface area (TPSA) is 35.2 Å². The van der Waals surface area contributed by atoms with Crippen molar-refractivity contribution < 1.29 is 4.74 Å². The zero-order valence-corrected chi connectivity index (χ0v) is 13.6. The van der Waals surface area contributed by atoms with E-state index in [9.17, 15) is 0 Å². The summed E-state index contributed by atoms with van der Waals surface area (Å²) in [5.74, 6) is 0.810. The van der Waals surface area contributed by atoms with E-state index in [2.05, 4.69) is 50.7 Å². The highest BCUT2D eigenvalue weighted by Crippen LogP contribution is 2.31. The Morgan fingerprint density at radius 2 is 2.00 bits per heavy atom. The van der Waals surface area contributed by atoms with Gasteiger partial charge < -0.3 is 10.5 Å². The summed E-state index contributed by atoms with van der Waals surface area (Å²) in [5, 5.41) is 0. The molecule has 0 bridgehead atoms. The van der Waals surface area contributed by atoms with Gasteiger partial charge in [0.1, 0.15) is 5.75 Å². The van der Waals surface area contributed by atoms with Gasteiger partial charge in [0.25, 0.3) is 0 Å². The molecule has 0 spiro atoms. The van der Waals surface area contributed by atoms with Gasteiger partial charge in [0.15, 0.2) is 0 Å². The number of halogens is 2. The lowest BCUT2D eigenvalue weighted by Crippen LogP contribution is -2.13. The summed E-state index contributed by atoms with van der Waals surface area (Å²) in [6, 6.07) is 13.9. The van der Waals surface area contributed by atoms with Crippen molar-refractivity contribution in [2.45, 2.75) is 6.04 Å². The first-order valence-corrected chi connectivity index (χ1v) is 7.33. The molecular formula is C14H13BrINO. The molecule has 2 aromatic carbocycles. The fourth-order valence-corrected chi connectivity index (χ4v) is 2.77. The van der Waals surface area contributed by atoms with Crippen molar-refractivity contribution in [3.05, 3.63) is 61.6 Å². The number of hydrogen-bond acceptors (Lipinski definition) is 2. The zero-order chi connectivity index (χ0) is 13.1. The van der Waals surface area contributed by atoms with E-state index in [0.29, 0.717) is 0 Å². The molecule has 0 saturated heterocycles. The molecule has 2 rings (SSSR count). The minimum atomic E-state index is -0.188. The lowest BCUT2D eigenvalue weighted by Gasteiger charge is -2.16. The van der Waals surface area contributed by atoms with Crippen LogP contribution in [0.25, 0.3) is 0 Å². The quantitative estimate of drug-likeness (QED) is 0.762. The Hall–Kier alpha value is -0.590. The molecule has 0 aliphatic carbocycles. The van der Waals surface area contributed by atoms with Gasteiger partial charge >= 0.3 is 0 Å². The second kappa shape index (κ2) is 6.04. The van der Waals surface area contributed by atoms with Crippen molar-refractivity contribution in [3.63, 3.8) is 0 Å². The number of rotatable bonds is 3. The van der Waals surface area contributed by atoms with Gasteiger partial charge in [0.2, 0.25) is 0 Å². The molecular weight excluding hydrogens is 405 g/mol. The van der Waals surface area contributed by atoms with E-state index in [-0.39, 0.29) is 6.04 Å². The minimum absolute atomic E-state index is 0.188. The molecule has 18 heavy (non-hydrogen) atoms.